The number of aliphatic carboxylic acids is 1. The number of piperidine rings is 1. The standard InChI is InChI=1S/C17H24Cl2N2O4S/c1-17(16(22)23,12-3-4-14(18)15(19)11-12)7-10-21-8-5-13(6-9-21)20-26(2,24)25/h3-4,11,13,20H,5-10H2,1-2H3,(H,22,23). The van der Waals surface area contributed by atoms with E-state index in [1.807, 2.05) is 0 Å². The number of halogens is 2. The molecule has 1 atom stereocenters. The van der Waals surface area contributed by atoms with Crippen molar-refractivity contribution in [2.75, 3.05) is 25.9 Å². The van der Waals surface area contributed by atoms with Crippen LogP contribution >= 0.6 is 23.2 Å². The van der Waals surface area contributed by atoms with Crippen LogP contribution in [0.2, 0.25) is 10.0 Å². The molecule has 1 aromatic rings. The van der Waals surface area contributed by atoms with E-state index >= 15 is 0 Å². The highest BCUT2D eigenvalue weighted by Crippen LogP contribution is 2.33. The fourth-order valence-electron chi connectivity index (χ4n) is 3.17. The summed E-state index contributed by atoms with van der Waals surface area (Å²) in [4.78, 5) is 14.1. The van der Waals surface area contributed by atoms with Gasteiger partial charge in [-0.3, -0.25) is 4.79 Å². The molecule has 0 spiro atoms. The van der Waals surface area contributed by atoms with Gasteiger partial charge in [0.05, 0.1) is 21.7 Å². The smallest absolute Gasteiger partial charge is 0.313 e. The predicted octanol–water partition coefficient (Wildman–Crippen LogP) is 2.74. The number of benzene rings is 1. The van der Waals surface area contributed by atoms with E-state index in [1.165, 1.54) is 0 Å². The summed E-state index contributed by atoms with van der Waals surface area (Å²) in [6.07, 6.45) is 3.01. The normalized spacial score (nSPS) is 19.2. The second-order valence-electron chi connectivity index (χ2n) is 7.02. The molecule has 1 aromatic carbocycles. The highest BCUT2D eigenvalue weighted by Gasteiger charge is 2.36. The molecule has 0 aromatic heterocycles. The average Bonchev–Trinajstić information content (AvgIpc) is 2.55. The lowest BCUT2D eigenvalue weighted by Crippen LogP contribution is -2.46. The Labute approximate surface area is 164 Å². The van der Waals surface area contributed by atoms with Gasteiger partial charge in [-0.15, -0.1) is 0 Å². The zero-order valence-corrected chi connectivity index (χ0v) is 17.2. The van der Waals surface area contributed by atoms with Crippen molar-refractivity contribution < 1.29 is 18.3 Å². The molecule has 1 aliphatic heterocycles. The van der Waals surface area contributed by atoms with Gasteiger partial charge < -0.3 is 10.0 Å². The lowest BCUT2D eigenvalue weighted by atomic mass is 9.79. The number of sulfonamides is 1. The van der Waals surface area contributed by atoms with Crippen LogP contribution in [0.5, 0.6) is 0 Å². The molecule has 1 fully saturated rings. The highest BCUT2D eigenvalue weighted by atomic mass is 35.5. The summed E-state index contributed by atoms with van der Waals surface area (Å²) in [6.45, 7) is 3.75. The zero-order valence-electron chi connectivity index (χ0n) is 14.8. The van der Waals surface area contributed by atoms with E-state index in [9.17, 15) is 18.3 Å². The van der Waals surface area contributed by atoms with Gasteiger partial charge >= 0.3 is 5.97 Å². The molecule has 1 saturated heterocycles. The number of carbonyl (C=O) groups is 1. The molecule has 0 saturated carbocycles. The van der Waals surface area contributed by atoms with E-state index in [0.29, 0.717) is 41.4 Å². The van der Waals surface area contributed by atoms with E-state index in [2.05, 4.69) is 9.62 Å². The quantitative estimate of drug-likeness (QED) is 0.705. The molecular weight excluding hydrogens is 399 g/mol. The Bertz CT molecular complexity index is 764. The van der Waals surface area contributed by atoms with Gasteiger partial charge in [-0.05, 0) is 63.5 Å². The summed E-state index contributed by atoms with van der Waals surface area (Å²) in [5.41, 5.74) is -0.455. The molecule has 6 nitrogen and oxygen atoms in total. The Morgan fingerprint density at radius 1 is 1.31 bits per heavy atom. The summed E-state index contributed by atoms with van der Waals surface area (Å²) in [5, 5.41) is 10.5. The molecule has 0 radical (unpaired) electrons. The van der Waals surface area contributed by atoms with Crippen molar-refractivity contribution >= 4 is 39.2 Å². The van der Waals surface area contributed by atoms with Crippen molar-refractivity contribution in [2.45, 2.75) is 37.6 Å². The van der Waals surface area contributed by atoms with Gasteiger partial charge in [0.2, 0.25) is 10.0 Å². The first-order valence-corrected chi connectivity index (χ1v) is 11.0. The van der Waals surface area contributed by atoms with E-state index in [-0.39, 0.29) is 6.04 Å². The van der Waals surface area contributed by atoms with E-state index in [4.69, 9.17) is 23.2 Å². The second kappa shape index (κ2) is 8.44. The first-order chi connectivity index (χ1) is 12.0. The number of hydrogen-bond donors (Lipinski definition) is 2. The second-order valence-corrected chi connectivity index (χ2v) is 9.62. The largest absolute Gasteiger partial charge is 0.481 e. The van der Waals surface area contributed by atoms with E-state index < -0.39 is 21.4 Å². The minimum Gasteiger partial charge on any atom is -0.481 e. The highest BCUT2D eigenvalue weighted by molar-refractivity contribution is 7.88. The van der Waals surface area contributed by atoms with E-state index in [0.717, 1.165) is 19.3 Å². The lowest BCUT2D eigenvalue weighted by Gasteiger charge is -2.34. The van der Waals surface area contributed by atoms with E-state index in [1.54, 1.807) is 25.1 Å². The number of nitrogens with zero attached hydrogens (tertiary/aromatic N) is 1. The van der Waals surface area contributed by atoms with Gasteiger partial charge in [0.1, 0.15) is 0 Å². The number of nitrogens with one attached hydrogen (secondary N) is 1. The number of carboxylic acids is 1. The van der Waals surface area contributed by atoms with Gasteiger partial charge in [0.15, 0.2) is 0 Å². The summed E-state index contributed by atoms with van der Waals surface area (Å²) >= 11 is 12.0. The summed E-state index contributed by atoms with van der Waals surface area (Å²) in [7, 11) is -3.20. The van der Waals surface area contributed by atoms with Gasteiger partial charge in [0, 0.05) is 6.04 Å². The van der Waals surface area contributed by atoms with Crippen molar-refractivity contribution in [1.29, 1.82) is 0 Å². The topological polar surface area (TPSA) is 86.7 Å². The Hall–Kier alpha value is -0.860. The van der Waals surface area contributed by atoms with Crippen LogP contribution in [0.4, 0.5) is 0 Å². The number of hydrogen-bond acceptors (Lipinski definition) is 4. The maximum absolute atomic E-state index is 11.9. The Morgan fingerprint density at radius 2 is 1.92 bits per heavy atom. The summed E-state index contributed by atoms with van der Waals surface area (Å²) in [5.74, 6) is -0.912. The Morgan fingerprint density at radius 3 is 2.42 bits per heavy atom. The molecule has 146 valence electrons. The maximum Gasteiger partial charge on any atom is 0.313 e. The molecule has 1 heterocycles. The van der Waals surface area contributed by atoms with Crippen molar-refractivity contribution in [3.63, 3.8) is 0 Å². The first kappa shape index (κ1) is 21.4. The number of likely N-dealkylation sites (tertiary alicyclic amines) is 1. The molecule has 2 rings (SSSR count). The monoisotopic (exact) mass is 422 g/mol. The van der Waals surface area contributed by atoms with Gasteiger partial charge in [0.25, 0.3) is 0 Å². The van der Waals surface area contributed by atoms with Crippen molar-refractivity contribution in [3.05, 3.63) is 33.8 Å². The van der Waals surface area contributed by atoms with Crippen LogP contribution in [0.25, 0.3) is 0 Å². The predicted molar refractivity (Wildman–Crippen MR) is 104 cm³/mol. The number of rotatable bonds is 7. The third-order valence-electron chi connectivity index (χ3n) is 4.93. The molecular formula is C17H24Cl2N2O4S. The zero-order chi connectivity index (χ0) is 19.5. The SMILES string of the molecule is CC(CCN1CCC(NS(C)(=O)=O)CC1)(C(=O)O)c1ccc(Cl)c(Cl)c1. The van der Waals surface area contributed by atoms with Crippen LogP contribution in [0.15, 0.2) is 18.2 Å². The summed E-state index contributed by atoms with van der Waals surface area (Å²) < 4.78 is 25.3. The molecule has 9 heteroatoms. The average molecular weight is 423 g/mol. The van der Waals surface area contributed by atoms with Gasteiger partial charge in [-0.1, -0.05) is 29.3 Å². The minimum atomic E-state index is -3.20. The van der Waals surface area contributed by atoms with Gasteiger partial charge in [-0.2, -0.15) is 0 Å². The van der Waals surface area contributed by atoms with Crippen LogP contribution in [0.1, 0.15) is 31.7 Å². The Balaban J connectivity index is 1.99. The fourth-order valence-corrected chi connectivity index (χ4v) is 4.31. The van der Waals surface area contributed by atoms with Crippen molar-refractivity contribution in [3.8, 4) is 0 Å². The molecule has 0 amide bonds. The molecule has 2 N–H and O–H groups in total. The van der Waals surface area contributed by atoms with Crippen LogP contribution in [-0.4, -0.2) is 56.3 Å². The molecule has 0 bridgehead atoms. The third-order valence-corrected chi connectivity index (χ3v) is 6.43. The maximum atomic E-state index is 11.9. The van der Waals surface area contributed by atoms with Crippen molar-refractivity contribution in [1.82, 2.24) is 9.62 Å². The Kier molecular flexibility index (Phi) is 6.96. The minimum absolute atomic E-state index is 0.0535. The van der Waals surface area contributed by atoms with Gasteiger partial charge in [-0.25, -0.2) is 13.1 Å². The van der Waals surface area contributed by atoms with Crippen LogP contribution in [-0.2, 0) is 20.2 Å². The van der Waals surface area contributed by atoms with Crippen LogP contribution < -0.4 is 4.72 Å². The molecule has 26 heavy (non-hydrogen) atoms. The first-order valence-electron chi connectivity index (χ1n) is 8.40. The lowest BCUT2D eigenvalue weighted by molar-refractivity contribution is -0.143. The molecule has 0 aliphatic carbocycles. The molecule has 1 unspecified atom stereocenters. The molecule has 1 aliphatic rings. The van der Waals surface area contributed by atoms with Crippen molar-refractivity contribution in [2.24, 2.45) is 0 Å². The summed E-state index contributed by atoms with van der Waals surface area (Å²) in [6, 6.07) is 4.87. The fraction of sp³-hybridized carbons (Fsp3) is 0.588. The van der Waals surface area contributed by atoms with Crippen LogP contribution in [0.3, 0.4) is 0 Å². The third kappa shape index (κ3) is 5.57. The number of carboxylic acid groups (broad SMARTS) is 1. The van der Waals surface area contributed by atoms with Crippen LogP contribution in [0, 0.1) is 0 Å².